The third-order valence-electron chi connectivity index (χ3n) is 2.39. The second kappa shape index (κ2) is 5.94. The van der Waals surface area contributed by atoms with E-state index in [-0.39, 0.29) is 18.0 Å². The summed E-state index contributed by atoms with van der Waals surface area (Å²) in [4.78, 5) is 22.4. The summed E-state index contributed by atoms with van der Waals surface area (Å²) in [5.74, 6) is -1.45. The van der Waals surface area contributed by atoms with Crippen LogP contribution in [0, 0.1) is 0 Å². The van der Waals surface area contributed by atoms with E-state index in [0.717, 1.165) is 0 Å². The molecule has 104 valence electrons. The van der Waals surface area contributed by atoms with E-state index >= 15 is 0 Å². The van der Waals surface area contributed by atoms with Gasteiger partial charge in [0.2, 0.25) is 5.91 Å². The molecule has 1 heterocycles. The first kappa shape index (κ1) is 14.4. The van der Waals surface area contributed by atoms with Crippen molar-refractivity contribution >= 4 is 40.8 Å². The number of hydrogen-bond donors (Lipinski definition) is 2. The maximum absolute atomic E-state index is 11.8. The van der Waals surface area contributed by atoms with Crippen molar-refractivity contribution in [2.75, 3.05) is 5.32 Å². The summed E-state index contributed by atoms with van der Waals surface area (Å²) in [6, 6.07) is 4.70. The lowest BCUT2D eigenvalue weighted by molar-refractivity contribution is -0.116. The fourth-order valence-corrected chi connectivity index (χ4v) is 1.78. The van der Waals surface area contributed by atoms with Crippen LogP contribution in [0.2, 0.25) is 10.0 Å². The van der Waals surface area contributed by atoms with Crippen molar-refractivity contribution in [1.29, 1.82) is 0 Å². The van der Waals surface area contributed by atoms with Crippen molar-refractivity contribution in [3.8, 4) is 0 Å². The Morgan fingerprint density at radius 2 is 2.05 bits per heavy atom. The second-order valence-electron chi connectivity index (χ2n) is 3.91. The zero-order valence-electron chi connectivity index (χ0n) is 10.0. The number of aromatic carboxylic acids is 1. The van der Waals surface area contributed by atoms with Gasteiger partial charge in [0.1, 0.15) is 6.54 Å². The summed E-state index contributed by atoms with van der Waals surface area (Å²) in [7, 11) is 0. The average molecular weight is 314 g/mol. The summed E-state index contributed by atoms with van der Waals surface area (Å²) in [5.41, 5.74) is 0.516. The van der Waals surface area contributed by atoms with Gasteiger partial charge >= 0.3 is 5.97 Å². The van der Waals surface area contributed by atoms with Crippen LogP contribution >= 0.6 is 23.2 Å². The van der Waals surface area contributed by atoms with Crippen LogP contribution in [0.1, 0.15) is 10.4 Å². The van der Waals surface area contributed by atoms with Crippen molar-refractivity contribution in [3.05, 3.63) is 46.2 Å². The van der Waals surface area contributed by atoms with Crippen molar-refractivity contribution in [2.45, 2.75) is 6.54 Å². The van der Waals surface area contributed by atoms with Gasteiger partial charge in [-0.25, -0.2) is 4.79 Å². The highest BCUT2D eigenvalue weighted by Gasteiger charge is 2.09. The zero-order valence-corrected chi connectivity index (χ0v) is 11.5. The van der Waals surface area contributed by atoms with Crippen LogP contribution in [0.25, 0.3) is 0 Å². The number of carboxylic acids is 1. The predicted octanol–water partition coefficient (Wildman–Crippen LogP) is 2.53. The first-order valence-corrected chi connectivity index (χ1v) is 6.22. The number of carbonyl (C=O) groups excluding carboxylic acids is 1. The number of amides is 1. The molecular formula is C12H9Cl2N3O3. The summed E-state index contributed by atoms with van der Waals surface area (Å²) < 4.78 is 1.23. The fraction of sp³-hybridized carbons (Fsp3) is 0.0833. The maximum atomic E-state index is 11.8. The first-order chi connectivity index (χ1) is 9.45. The van der Waals surface area contributed by atoms with Crippen molar-refractivity contribution < 1.29 is 14.7 Å². The van der Waals surface area contributed by atoms with Crippen molar-refractivity contribution in [2.24, 2.45) is 0 Å². The molecule has 0 aliphatic rings. The molecule has 0 aliphatic heterocycles. The molecule has 0 saturated carbocycles. The normalized spacial score (nSPS) is 10.3. The van der Waals surface area contributed by atoms with Gasteiger partial charge in [-0.2, -0.15) is 5.10 Å². The van der Waals surface area contributed by atoms with Gasteiger partial charge in [0.05, 0.1) is 21.8 Å². The SMILES string of the molecule is O=C(Cn1cc(C(=O)O)cn1)Nc1ccc(Cl)c(Cl)c1. The van der Waals surface area contributed by atoms with Gasteiger partial charge in [-0.3, -0.25) is 9.48 Å². The van der Waals surface area contributed by atoms with E-state index in [2.05, 4.69) is 10.4 Å². The molecular weight excluding hydrogens is 305 g/mol. The Balaban J connectivity index is 2.01. The van der Waals surface area contributed by atoms with E-state index in [1.165, 1.54) is 23.1 Å². The summed E-state index contributed by atoms with van der Waals surface area (Å²) in [5, 5.41) is 15.8. The monoisotopic (exact) mass is 313 g/mol. The number of nitrogens with zero attached hydrogens (tertiary/aromatic N) is 2. The highest BCUT2D eigenvalue weighted by atomic mass is 35.5. The number of carboxylic acid groups (broad SMARTS) is 1. The lowest BCUT2D eigenvalue weighted by atomic mass is 10.3. The Kier molecular flexibility index (Phi) is 4.26. The Morgan fingerprint density at radius 1 is 1.30 bits per heavy atom. The Labute approximate surface area is 123 Å². The van der Waals surface area contributed by atoms with Crippen LogP contribution in [0.15, 0.2) is 30.6 Å². The number of hydrogen-bond acceptors (Lipinski definition) is 3. The van der Waals surface area contributed by atoms with Gasteiger partial charge in [0.15, 0.2) is 0 Å². The molecule has 1 aromatic carbocycles. The molecule has 0 unspecified atom stereocenters. The standard InChI is InChI=1S/C12H9Cl2N3O3/c13-9-2-1-8(3-10(9)14)16-11(18)6-17-5-7(4-15-17)12(19)20/h1-5H,6H2,(H,16,18)(H,19,20). The summed E-state index contributed by atoms with van der Waals surface area (Å²) >= 11 is 11.6. The fourth-order valence-electron chi connectivity index (χ4n) is 1.48. The molecule has 2 rings (SSSR count). The van der Waals surface area contributed by atoms with E-state index in [0.29, 0.717) is 15.7 Å². The molecule has 0 radical (unpaired) electrons. The number of carbonyl (C=O) groups is 2. The minimum Gasteiger partial charge on any atom is -0.478 e. The Hall–Kier alpha value is -2.05. The quantitative estimate of drug-likeness (QED) is 0.908. The van der Waals surface area contributed by atoms with E-state index in [1.54, 1.807) is 12.1 Å². The minimum absolute atomic E-state index is 0.0207. The molecule has 0 spiro atoms. The van der Waals surface area contributed by atoms with Crippen molar-refractivity contribution in [1.82, 2.24) is 9.78 Å². The molecule has 2 N–H and O–H groups in total. The topological polar surface area (TPSA) is 84.2 Å². The molecule has 0 saturated heterocycles. The molecule has 0 atom stereocenters. The van der Waals surface area contributed by atoms with E-state index in [4.69, 9.17) is 28.3 Å². The van der Waals surface area contributed by atoms with Gasteiger partial charge in [-0.1, -0.05) is 23.2 Å². The largest absolute Gasteiger partial charge is 0.478 e. The van der Waals surface area contributed by atoms with Crippen LogP contribution in [-0.2, 0) is 11.3 Å². The van der Waals surface area contributed by atoms with Crippen molar-refractivity contribution in [3.63, 3.8) is 0 Å². The lowest BCUT2D eigenvalue weighted by Crippen LogP contribution is -2.19. The van der Waals surface area contributed by atoms with Gasteiger partial charge < -0.3 is 10.4 Å². The number of aromatic nitrogens is 2. The van der Waals surface area contributed by atoms with Crippen LogP contribution < -0.4 is 5.32 Å². The third kappa shape index (κ3) is 3.49. The molecule has 0 bridgehead atoms. The smallest absolute Gasteiger partial charge is 0.338 e. The van der Waals surface area contributed by atoms with E-state index in [9.17, 15) is 9.59 Å². The van der Waals surface area contributed by atoms with Crippen LogP contribution in [-0.4, -0.2) is 26.8 Å². The number of nitrogens with one attached hydrogen (secondary N) is 1. The number of benzene rings is 1. The average Bonchev–Trinajstić information content (AvgIpc) is 2.82. The third-order valence-corrected chi connectivity index (χ3v) is 3.13. The van der Waals surface area contributed by atoms with Crippen LogP contribution in [0.4, 0.5) is 5.69 Å². The molecule has 2 aromatic rings. The van der Waals surface area contributed by atoms with Gasteiger partial charge in [0, 0.05) is 11.9 Å². The zero-order chi connectivity index (χ0) is 14.7. The molecule has 6 nitrogen and oxygen atoms in total. The maximum Gasteiger partial charge on any atom is 0.338 e. The van der Waals surface area contributed by atoms with Gasteiger partial charge in [-0.15, -0.1) is 0 Å². The highest BCUT2D eigenvalue weighted by Crippen LogP contribution is 2.24. The van der Waals surface area contributed by atoms with Crippen LogP contribution in [0.3, 0.4) is 0 Å². The van der Waals surface area contributed by atoms with Gasteiger partial charge in [-0.05, 0) is 18.2 Å². The number of anilines is 1. The number of rotatable bonds is 4. The number of halogens is 2. The molecule has 1 aromatic heterocycles. The van der Waals surface area contributed by atoms with E-state index < -0.39 is 5.97 Å². The molecule has 1 amide bonds. The Morgan fingerprint density at radius 3 is 2.65 bits per heavy atom. The summed E-state index contributed by atoms with van der Waals surface area (Å²) in [6.45, 7) is -0.104. The lowest BCUT2D eigenvalue weighted by Gasteiger charge is -2.06. The molecule has 0 fully saturated rings. The van der Waals surface area contributed by atoms with Crippen LogP contribution in [0.5, 0.6) is 0 Å². The van der Waals surface area contributed by atoms with E-state index in [1.807, 2.05) is 0 Å². The predicted molar refractivity (Wildman–Crippen MR) is 74.3 cm³/mol. The molecule has 20 heavy (non-hydrogen) atoms. The minimum atomic E-state index is -1.10. The highest BCUT2D eigenvalue weighted by molar-refractivity contribution is 6.42. The second-order valence-corrected chi connectivity index (χ2v) is 4.72. The molecule has 0 aliphatic carbocycles. The Bertz CT molecular complexity index is 670. The molecule has 8 heteroatoms. The van der Waals surface area contributed by atoms with Gasteiger partial charge in [0.25, 0.3) is 0 Å². The first-order valence-electron chi connectivity index (χ1n) is 5.46. The summed E-state index contributed by atoms with van der Waals surface area (Å²) in [6.07, 6.45) is 2.45.